The monoisotopic (exact) mass is 252 g/mol. The van der Waals surface area contributed by atoms with E-state index in [-0.39, 0.29) is 12.0 Å². The molecule has 0 aromatic carbocycles. The van der Waals surface area contributed by atoms with Gasteiger partial charge < -0.3 is 20.9 Å². The molecule has 1 saturated carbocycles. The van der Waals surface area contributed by atoms with E-state index >= 15 is 0 Å². The third kappa shape index (κ3) is 2.48. The van der Waals surface area contributed by atoms with Crippen LogP contribution in [0.2, 0.25) is 0 Å². The number of hydrogen-bond acceptors (Lipinski definition) is 6. The Bertz CT molecular complexity index is 405. The maximum Gasteiger partial charge on any atom is 0.203 e. The SMILES string of the molecule is COc1c(N)ncnc1NCC1(CO)CCCC1. The summed E-state index contributed by atoms with van der Waals surface area (Å²) in [4.78, 5) is 8.01. The molecule has 0 amide bonds. The van der Waals surface area contributed by atoms with Gasteiger partial charge in [-0.15, -0.1) is 0 Å². The molecule has 0 saturated heterocycles. The van der Waals surface area contributed by atoms with E-state index in [0.717, 1.165) is 12.8 Å². The highest BCUT2D eigenvalue weighted by Crippen LogP contribution is 2.38. The number of ether oxygens (including phenoxy) is 1. The molecule has 0 unspecified atom stereocenters. The molecule has 1 fully saturated rings. The summed E-state index contributed by atoms with van der Waals surface area (Å²) >= 11 is 0. The molecular weight excluding hydrogens is 232 g/mol. The first-order valence-electron chi connectivity index (χ1n) is 6.20. The van der Waals surface area contributed by atoms with Crippen LogP contribution in [0.1, 0.15) is 25.7 Å². The number of anilines is 2. The van der Waals surface area contributed by atoms with E-state index in [0.29, 0.717) is 23.9 Å². The Balaban J connectivity index is 2.08. The maximum atomic E-state index is 9.55. The largest absolute Gasteiger partial charge is 0.490 e. The molecule has 18 heavy (non-hydrogen) atoms. The molecular formula is C12H20N4O2. The lowest BCUT2D eigenvalue weighted by atomic mass is 9.87. The molecule has 0 bridgehead atoms. The van der Waals surface area contributed by atoms with E-state index in [9.17, 15) is 5.11 Å². The van der Waals surface area contributed by atoms with Crippen LogP contribution in [0.15, 0.2) is 6.33 Å². The van der Waals surface area contributed by atoms with Gasteiger partial charge in [-0.2, -0.15) is 0 Å². The van der Waals surface area contributed by atoms with Gasteiger partial charge in [-0.05, 0) is 12.8 Å². The Hall–Kier alpha value is -1.56. The van der Waals surface area contributed by atoms with Crippen molar-refractivity contribution in [2.75, 3.05) is 31.3 Å². The molecule has 6 heteroatoms. The highest BCUT2D eigenvalue weighted by Gasteiger charge is 2.33. The summed E-state index contributed by atoms with van der Waals surface area (Å²) in [6.45, 7) is 0.874. The molecule has 6 nitrogen and oxygen atoms in total. The number of hydrogen-bond donors (Lipinski definition) is 3. The van der Waals surface area contributed by atoms with Gasteiger partial charge in [0.15, 0.2) is 11.6 Å². The highest BCUT2D eigenvalue weighted by molar-refractivity contribution is 5.61. The van der Waals surface area contributed by atoms with Crippen LogP contribution in [0.25, 0.3) is 0 Å². The third-order valence-corrected chi connectivity index (χ3v) is 3.67. The van der Waals surface area contributed by atoms with Crippen molar-refractivity contribution in [2.24, 2.45) is 5.41 Å². The molecule has 1 aromatic rings. The fourth-order valence-electron chi connectivity index (χ4n) is 2.50. The Morgan fingerprint density at radius 3 is 2.78 bits per heavy atom. The number of aromatic nitrogens is 2. The van der Waals surface area contributed by atoms with Crippen molar-refractivity contribution >= 4 is 11.6 Å². The molecule has 2 rings (SSSR count). The van der Waals surface area contributed by atoms with Gasteiger partial charge in [-0.1, -0.05) is 12.8 Å². The number of nitrogens with two attached hydrogens (primary N) is 1. The van der Waals surface area contributed by atoms with Gasteiger partial charge in [0.2, 0.25) is 5.75 Å². The molecule has 1 aliphatic rings. The van der Waals surface area contributed by atoms with Gasteiger partial charge >= 0.3 is 0 Å². The van der Waals surface area contributed by atoms with Gasteiger partial charge in [-0.25, -0.2) is 9.97 Å². The normalized spacial score (nSPS) is 17.7. The van der Waals surface area contributed by atoms with Crippen LogP contribution in [-0.2, 0) is 0 Å². The van der Waals surface area contributed by atoms with Crippen molar-refractivity contribution in [1.82, 2.24) is 9.97 Å². The highest BCUT2D eigenvalue weighted by atomic mass is 16.5. The summed E-state index contributed by atoms with van der Waals surface area (Å²) in [6.07, 6.45) is 5.83. The summed E-state index contributed by atoms with van der Waals surface area (Å²) in [6, 6.07) is 0. The quantitative estimate of drug-likeness (QED) is 0.724. The molecule has 1 heterocycles. The minimum atomic E-state index is -0.0370. The molecule has 4 N–H and O–H groups in total. The second kappa shape index (κ2) is 5.39. The predicted octanol–water partition coefficient (Wildman–Crippen LogP) is 1.03. The lowest BCUT2D eigenvalue weighted by Gasteiger charge is -2.27. The van der Waals surface area contributed by atoms with Crippen molar-refractivity contribution in [1.29, 1.82) is 0 Å². The van der Waals surface area contributed by atoms with Gasteiger partial charge in [-0.3, -0.25) is 0 Å². The van der Waals surface area contributed by atoms with Crippen molar-refractivity contribution in [2.45, 2.75) is 25.7 Å². The number of aliphatic hydroxyl groups excluding tert-OH is 1. The summed E-state index contributed by atoms with van der Waals surface area (Å²) in [7, 11) is 1.54. The second-order valence-electron chi connectivity index (χ2n) is 4.86. The van der Waals surface area contributed by atoms with Crippen LogP contribution in [0.5, 0.6) is 5.75 Å². The van der Waals surface area contributed by atoms with Crippen LogP contribution in [-0.4, -0.2) is 35.3 Å². The minimum absolute atomic E-state index is 0.0370. The Morgan fingerprint density at radius 1 is 1.44 bits per heavy atom. The van der Waals surface area contributed by atoms with E-state index in [1.807, 2.05) is 0 Å². The number of nitrogens with one attached hydrogen (secondary N) is 1. The molecule has 0 atom stereocenters. The average Bonchev–Trinajstić information content (AvgIpc) is 2.86. The summed E-state index contributed by atoms with van der Waals surface area (Å²) in [5.41, 5.74) is 5.68. The topological polar surface area (TPSA) is 93.3 Å². The van der Waals surface area contributed by atoms with E-state index in [1.54, 1.807) is 0 Å². The van der Waals surface area contributed by atoms with E-state index in [1.165, 1.54) is 26.3 Å². The van der Waals surface area contributed by atoms with Crippen LogP contribution in [0, 0.1) is 5.41 Å². The van der Waals surface area contributed by atoms with Crippen LogP contribution in [0.3, 0.4) is 0 Å². The lowest BCUT2D eigenvalue weighted by molar-refractivity contribution is 0.142. The van der Waals surface area contributed by atoms with Crippen LogP contribution >= 0.6 is 0 Å². The Morgan fingerprint density at radius 2 is 2.17 bits per heavy atom. The Labute approximate surface area is 107 Å². The number of rotatable bonds is 5. The molecule has 100 valence electrons. The van der Waals surface area contributed by atoms with Crippen LogP contribution < -0.4 is 15.8 Å². The zero-order chi connectivity index (χ0) is 13.0. The summed E-state index contributed by atoms with van der Waals surface area (Å²) < 4.78 is 5.18. The fourth-order valence-corrected chi connectivity index (χ4v) is 2.50. The number of nitrogens with zero attached hydrogens (tertiary/aromatic N) is 2. The Kier molecular flexibility index (Phi) is 3.86. The lowest BCUT2D eigenvalue weighted by Crippen LogP contribution is -2.31. The van der Waals surface area contributed by atoms with E-state index in [4.69, 9.17) is 10.5 Å². The number of nitrogen functional groups attached to an aromatic ring is 1. The molecule has 0 spiro atoms. The molecule has 1 aliphatic carbocycles. The van der Waals surface area contributed by atoms with Gasteiger partial charge in [0.05, 0.1) is 13.7 Å². The van der Waals surface area contributed by atoms with Crippen molar-refractivity contribution in [3.05, 3.63) is 6.33 Å². The van der Waals surface area contributed by atoms with Crippen molar-refractivity contribution in [3.63, 3.8) is 0 Å². The fraction of sp³-hybridized carbons (Fsp3) is 0.667. The van der Waals surface area contributed by atoms with Crippen molar-refractivity contribution < 1.29 is 9.84 Å². The first-order valence-corrected chi connectivity index (χ1v) is 6.20. The molecule has 0 aliphatic heterocycles. The first kappa shape index (κ1) is 12.9. The smallest absolute Gasteiger partial charge is 0.203 e. The van der Waals surface area contributed by atoms with Crippen molar-refractivity contribution in [3.8, 4) is 5.75 Å². The van der Waals surface area contributed by atoms with E-state index in [2.05, 4.69) is 15.3 Å². The number of methoxy groups -OCH3 is 1. The van der Waals surface area contributed by atoms with Gasteiger partial charge in [0, 0.05) is 12.0 Å². The average molecular weight is 252 g/mol. The molecule has 1 aromatic heterocycles. The maximum absolute atomic E-state index is 9.55. The standard InChI is InChI=1S/C12H20N4O2/c1-18-9-10(13)15-8-16-11(9)14-6-12(7-17)4-2-3-5-12/h8,17H,2-7H2,1H3,(H3,13,14,15,16). The first-order chi connectivity index (χ1) is 8.71. The summed E-state index contributed by atoms with van der Waals surface area (Å²) in [5.74, 6) is 1.37. The minimum Gasteiger partial charge on any atom is -0.490 e. The summed E-state index contributed by atoms with van der Waals surface area (Å²) in [5, 5.41) is 12.8. The molecule has 0 radical (unpaired) electrons. The van der Waals surface area contributed by atoms with Crippen LogP contribution in [0.4, 0.5) is 11.6 Å². The zero-order valence-corrected chi connectivity index (χ0v) is 10.6. The second-order valence-corrected chi connectivity index (χ2v) is 4.86. The third-order valence-electron chi connectivity index (χ3n) is 3.67. The van der Waals surface area contributed by atoms with Gasteiger partial charge in [0.1, 0.15) is 6.33 Å². The van der Waals surface area contributed by atoms with E-state index < -0.39 is 0 Å². The zero-order valence-electron chi connectivity index (χ0n) is 10.6. The van der Waals surface area contributed by atoms with Gasteiger partial charge in [0.25, 0.3) is 0 Å². The predicted molar refractivity (Wildman–Crippen MR) is 69.5 cm³/mol. The number of aliphatic hydroxyl groups is 1.